The van der Waals surface area contributed by atoms with E-state index in [1.807, 2.05) is 30.3 Å². The van der Waals surface area contributed by atoms with Gasteiger partial charge in [0.05, 0.1) is 6.61 Å². The lowest BCUT2D eigenvalue weighted by molar-refractivity contribution is -0.123. The maximum absolute atomic E-state index is 12.0. The zero-order valence-corrected chi connectivity index (χ0v) is 13.2. The number of carbonyl (C=O) groups is 2. The molecule has 0 aliphatic rings. The van der Waals surface area contributed by atoms with E-state index in [1.165, 1.54) is 0 Å². The molecule has 0 aliphatic heterocycles. The van der Waals surface area contributed by atoms with Crippen molar-refractivity contribution in [3.05, 3.63) is 35.9 Å². The topological polar surface area (TPSA) is 114 Å². The Labute approximate surface area is 136 Å². The van der Waals surface area contributed by atoms with E-state index in [4.69, 9.17) is 15.6 Å². The molecule has 2 amide bonds. The number of unbranched alkanes of at least 4 members (excludes halogenated alkanes) is 1. The highest BCUT2D eigenvalue weighted by Gasteiger charge is 2.20. The van der Waals surface area contributed by atoms with Crippen molar-refractivity contribution in [2.24, 2.45) is 5.73 Å². The largest absolute Gasteiger partial charge is 0.445 e. The molecule has 0 saturated carbocycles. The zero-order chi connectivity index (χ0) is 16.9. The maximum Gasteiger partial charge on any atom is 0.408 e. The molecule has 5 N–H and O–H groups in total. The molecule has 0 aromatic heterocycles. The molecule has 0 heterocycles. The summed E-state index contributed by atoms with van der Waals surface area (Å²) in [6.07, 6.45) is 1.30. The lowest BCUT2D eigenvalue weighted by Crippen LogP contribution is -2.47. The van der Waals surface area contributed by atoms with E-state index < -0.39 is 12.1 Å². The first kappa shape index (κ1) is 18.9. The molecule has 0 spiro atoms. The number of ether oxygens (including phenoxy) is 1. The van der Waals surface area contributed by atoms with E-state index in [9.17, 15) is 9.59 Å². The third-order valence-corrected chi connectivity index (χ3v) is 3.18. The average molecular weight is 323 g/mol. The number of nitrogens with one attached hydrogen (secondary N) is 2. The van der Waals surface area contributed by atoms with E-state index in [-0.39, 0.29) is 25.7 Å². The molecular formula is C16H25N3O4. The number of alkyl carbamates (subject to hydrolysis) is 1. The van der Waals surface area contributed by atoms with Crippen LogP contribution in [-0.2, 0) is 16.1 Å². The van der Waals surface area contributed by atoms with Crippen molar-refractivity contribution in [3.8, 4) is 0 Å². The molecule has 1 rings (SSSR count). The fraction of sp³-hybridized carbons (Fsp3) is 0.500. The summed E-state index contributed by atoms with van der Waals surface area (Å²) in [6.45, 7) is 0.663. The van der Waals surface area contributed by atoms with Gasteiger partial charge in [-0.3, -0.25) is 4.79 Å². The second kappa shape index (κ2) is 11.4. The molecule has 0 bridgehead atoms. The van der Waals surface area contributed by atoms with Crippen molar-refractivity contribution in [2.45, 2.75) is 31.9 Å². The Hall–Kier alpha value is -2.12. The van der Waals surface area contributed by atoms with Crippen LogP contribution >= 0.6 is 0 Å². The molecule has 7 heteroatoms. The Morgan fingerprint density at radius 1 is 1.22 bits per heavy atom. The van der Waals surface area contributed by atoms with Gasteiger partial charge in [-0.1, -0.05) is 30.3 Å². The monoisotopic (exact) mass is 323 g/mol. The first-order valence-corrected chi connectivity index (χ1v) is 7.73. The first-order valence-electron chi connectivity index (χ1n) is 7.73. The van der Waals surface area contributed by atoms with Crippen molar-refractivity contribution in [2.75, 3.05) is 19.7 Å². The van der Waals surface area contributed by atoms with Crippen LogP contribution in [0, 0.1) is 0 Å². The average Bonchev–Trinajstić information content (AvgIpc) is 2.58. The normalized spacial score (nSPS) is 11.6. The number of aliphatic hydroxyl groups is 1. The smallest absolute Gasteiger partial charge is 0.408 e. The highest BCUT2D eigenvalue weighted by molar-refractivity contribution is 5.85. The lowest BCUT2D eigenvalue weighted by atomic mass is 10.1. The van der Waals surface area contributed by atoms with Crippen LogP contribution in [0.5, 0.6) is 0 Å². The van der Waals surface area contributed by atoms with Crippen molar-refractivity contribution in [3.63, 3.8) is 0 Å². The summed E-state index contributed by atoms with van der Waals surface area (Å²) in [7, 11) is 0. The molecule has 23 heavy (non-hydrogen) atoms. The third-order valence-electron chi connectivity index (χ3n) is 3.18. The fourth-order valence-corrected chi connectivity index (χ4v) is 1.97. The highest BCUT2D eigenvalue weighted by Crippen LogP contribution is 2.04. The van der Waals surface area contributed by atoms with E-state index in [2.05, 4.69) is 10.6 Å². The number of benzene rings is 1. The van der Waals surface area contributed by atoms with Crippen LogP contribution in [0.1, 0.15) is 24.8 Å². The number of hydrogen-bond donors (Lipinski definition) is 4. The van der Waals surface area contributed by atoms with Gasteiger partial charge in [0, 0.05) is 6.54 Å². The number of rotatable bonds is 10. The van der Waals surface area contributed by atoms with Gasteiger partial charge in [-0.2, -0.15) is 0 Å². The van der Waals surface area contributed by atoms with E-state index in [1.54, 1.807) is 0 Å². The standard InChI is InChI=1S/C16H25N3O4/c17-9-5-4-8-14(15(21)18-10-11-20)19-16(22)23-12-13-6-2-1-3-7-13/h1-3,6-7,14,20H,4-5,8-12,17H2,(H,18,21)(H,19,22)/t14-/m0/s1. The van der Waals surface area contributed by atoms with Crippen molar-refractivity contribution in [1.82, 2.24) is 10.6 Å². The number of amides is 2. The highest BCUT2D eigenvalue weighted by atomic mass is 16.5. The van der Waals surface area contributed by atoms with Crippen LogP contribution in [0.15, 0.2) is 30.3 Å². The quantitative estimate of drug-likeness (QED) is 0.469. The first-order chi connectivity index (χ1) is 11.2. The molecule has 128 valence electrons. The summed E-state index contributed by atoms with van der Waals surface area (Å²) in [5, 5.41) is 13.9. The molecule has 0 fully saturated rings. The molecule has 0 saturated heterocycles. The van der Waals surface area contributed by atoms with E-state index >= 15 is 0 Å². The Bertz CT molecular complexity index is 468. The second-order valence-electron chi connectivity index (χ2n) is 5.06. The molecule has 1 aromatic carbocycles. The SMILES string of the molecule is NCCCC[C@H](NC(=O)OCc1ccccc1)C(=O)NCCO. The Balaban J connectivity index is 2.46. The molecule has 0 aliphatic carbocycles. The summed E-state index contributed by atoms with van der Waals surface area (Å²) < 4.78 is 5.12. The molecule has 0 radical (unpaired) electrons. The van der Waals surface area contributed by atoms with Crippen molar-refractivity contribution < 1.29 is 19.4 Å². The minimum Gasteiger partial charge on any atom is -0.445 e. The van der Waals surface area contributed by atoms with Crippen LogP contribution in [0.25, 0.3) is 0 Å². The molecule has 1 atom stereocenters. The van der Waals surface area contributed by atoms with Gasteiger partial charge in [0.15, 0.2) is 0 Å². The van der Waals surface area contributed by atoms with Gasteiger partial charge < -0.3 is 26.2 Å². The van der Waals surface area contributed by atoms with Crippen LogP contribution in [-0.4, -0.2) is 42.8 Å². The fourth-order valence-electron chi connectivity index (χ4n) is 1.97. The lowest BCUT2D eigenvalue weighted by Gasteiger charge is -2.18. The summed E-state index contributed by atoms with van der Waals surface area (Å²) in [4.78, 5) is 23.8. The van der Waals surface area contributed by atoms with Gasteiger partial charge in [-0.15, -0.1) is 0 Å². The van der Waals surface area contributed by atoms with Crippen molar-refractivity contribution in [1.29, 1.82) is 0 Å². The summed E-state index contributed by atoms with van der Waals surface area (Å²) >= 11 is 0. The number of aliphatic hydroxyl groups excluding tert-OH is 1. The zero-order valence-electron chi connectivity index (χ0n) is 13.2. The van der Waals surface area contributed by atoms with E-state index in [0.29, 0.717) is 19.4 Å². The summed E-state index contributed by atoms with van der Waals surface area (Å²) in [6, 6.07) is 8.59. The minimum absolute atomic E-state index is 0.139. The van der Waals surface area contributed by atoms with Gasteiger partial charge >= 0.3 is 6.09 Å². The van der Waals surface area contributed by atoms with Gasteiger partial charge in [-0.25, -0.2) is 4.79 Å². The second-order valence-corrected chi connectivity index (χ2v) is 5.06. The molecular weight excluding hydrogens is 298 g/mol. The predicted octanol–water partition coefficient (Wildman–Crippen LogP) is 0.519. The van der Waals surface area contributed by atoms with Crippen LogP contribution in [0.2, 0.25) is 0 Å². The van der Waals surface area contributed by atoms with Gasteiger partial charge in [-0.05, 0) is 31.4 Å². The van der Waals surface area contributed by atoms with Crippen LogP contribution in [0.4, 0.5) is 4.79 Å². The van der Waals surface area contributed by atoms with Gasteiger partial charge in [0.2, 0.25) is 5.91 Å². The predicted molar refractivity (Wildman–Crippen MR) is 86.6 cm³/mol. The number of carbonyl (C=O) groups excluding carboxylic acids is 2. The number of nitrogens with two attached hydrogens (primary N) is 1. The van der Waals surface area contributed by atoms with Crippen molar-refractivity contribution >= 4 is 12.0 Å². The third kappa shape index (κ3) is 8.18. The Morgan fingerprint density at radius 2 is 1.96 bits per heavy atom. The number of hydrogen-bond acceptors (Lipinski definition) is 5. The van der Waals surface area contributed by atoms with Crippen LogP contribution < -0.4 is 16.4 Å². The van der Waals surface area contributed by atoms with Gasteiger partial charge in [0.25, 0.3) is 0 Å². The molecule has 1 aromatic rings. The summed E-state index contributed by atoms with van der Waals surface area (Å²) in [5.74, 6) is -0.340. The molecule has 0 unspecified atom stereocenters. The maximum atomic E-state index is 12.0. The molecule has 7 nitrogen and oxygen atoms in total. The van der Waals surface area contributed by atoms with E-state index in [0.717, 1.165) is 12.0 Å². The Kier molecular flexibility index (Phi) is 9.42. The Morgan fingerprint density at radius 3 is 2.61 bits per heavy atom. The van der Waals surface area contributed by atoms with Crippen LogP contribution in [0.3, 0.4) is 0 Å². The minimum atomic E-state index is -0.698. The summed E-state index contributed by atoms with van der Waals surface area (Å²) in [5.41, 5.74) is 6.31. The van der Waals surface area contributed by atoms with Gasteiger partial charge in [0.1, 0.15) is 12.6 Å².